The number of anilines is 2. The fraction of sp³-hybridized carbons (Fsp3) is 0.545. The fourth-order valence-corrected chi connectivity index (χ4v) is 21.8. The van der Waals surface area contributed by atoms with Crippen LogP contribution in [0.1, 0.15) is 33.4 Å². The van der Waals surface area contributed by atoms with Crippen molar-refractivity contribution in [3.63, 3.8) is 0 Å². The van der Waals surface area contributed by atoms with Crippen molar-refractivity contribution in [2.75, 3.05) is 9.80 Å². The maximum absolute atomic E-state index is 4.82. The van der Waals surface area contributed by atoms with E-state index in [0.29, 0.717) is 0 Å². The zero-order valence-electron chi connectivity index (χ0n) is 30.0. The molecule has 9 heteroatoms. The molecule has 2 radical (unpaired) electrons. The third-order valence-corrected chi connectivity index (χ3v) is 16.4. The van der Waals surface area contributed by atoms with Crippen molar-refractivity contribution < 1.29 is 46.9 Å². The first-order valence-electron chi connectivity index (χ1n) is 14.9. The number of benzene rings is 2. The van der Waals surface area contributed by atoms with Gasteiger partial charge in [0.1, 0.15) is 0 Å². The van der Waals surface area contributed by atoms with Gasteiger partial charge in [-0.05, 0) is 63.8 Å². The molecule has 0 amide bonds. The van der Waals surface area contributed by atoms with Gasteiger partial charge < -0.3 is 19.1 Å². The maximum atomic E-state index is 4.82. The number of rotatable bonds is 6. The Labute approximate surface area is 304 Å². The van der Waals surface area contributed by atoms with E-state index >= 15 is 0 Å². The minimum atomic E-state index is -1.11. The SMILES string of the molecule is C[Si](C)(C)[N-][Si](C)(C)C.C[Si](C)(C)[N-][Si](C)(C)C.Cc1cc(C)c(N2[C]N(c3c(C)cc(C)cc3C)C=C2)c(C)c1.[Yb+2]. The third-order valence-electron chi connectivity index (χ3n) is 5.67. The summed E-state index contributed by atoms with van der Waals surface area (Å²) in [5.41, 5.74) is 10.1. The van der Waals surface area contributed by atoms with Crippen LogP contribution in [-0.2, 0) is 0 Å². The minimum absolute atomic E-state index is 0. The first-order valence-corrected chi connectivity index (χ1v) is 28.7. The number of aryl methyl sites for hydroxylation is 6. The van der Waals surface area contributed by atoms with Gasteiger partial charge in [-0.2, -0.15) is 0 Å². The van der Waals surface area contributed by atoms with E-state index in [0.717, 1.165) is 0 Å². The summed E-state index contributed by atoms with van der Waals surface area (Å²) in [6, 6.07) is 8.90. The first-order chi connectivity index (χ1) is 18.3. The average molecular weight is 798 g/mol. The molecule has 1 heterocycles. The summed E-state index contributed by atoms with van der Waals surface area (Å²) in [6.45, 7) is 44.0. The summed E-state index contributed by atoms with van der Waals surface area (Å²) in [5, 5.41) is 0. The molecule has 0 bridgehead atoms. The van der Waals surface area contributed by atoms with Crippen LogP contribution >= 0.6 is 0 Å². The average Bonchev–Trinajstić information content (AvgIpc) is 3.10. The van der Waals surface area contributed by atoms with Crippen molar-refractivity contribution in [3.8, 4) is 0 Å². The van der Waals surface area contributed by atoms with Crippen LogP contribution in [0.15, 0.2) is 36.7 Å². The van der Waals surface area contributed by atoms with Crippen molar-refractivity contribution in [3.05, 3.63) is 86.0 Å². The van der Waals surface area contributed by atoms with E-state index in [1.807, 2.05) is 0 Å². The van der Waals surface area contributed by atoms with Crippen LogP contribution in [0.2, 0.25) is 78.6 Å². The maximum Gasteiger partial charge on any atom is 2.00 e. The van der Waals surface area contributed by atoms with Crippen molar-refractivity contribution in [2.24, 2.45) is 0 Å². The number of nitrogens with zero attached hydrogens (tertiary/aromatic N) is 4. The topological polar surface area (TPSA) is 34.7 Å². The molecule has 2 aromatic carbocycles. The van der Waals surface area contributed by atoms with Crippen molar-refractivity contribution in [1.82, 2.24) is 0 Å². The van der Waals surface area contributed by atoms with Gasteiger partial charge >= 0.3 is 46.9 Å². The van der Waals surface area contributed by atoms with E-state index < -0.39 is 32.9 Å². The summed E-state index contributed by atoms with van der Waals surface area (Å²) in [6.07, 6.45) is 4.17. The molecule has 0 fully saturated rings. The Hall–Kier alpha value is 0.0870. The Kier molecular flexibility index (Phi) is 16.6. The molecule has 3 rings (SSSR count). The van der Waals surface area contributed by atoms with Crippen LogP contribution in [0.3, 0.4) is 0 Å². The van der Waals surface area contributed by atoms with Gasteiger partial charge in [-0.15, -0.1) is 0 Å². The van der Waals surface area contributed by atoms with E-state index in [1.54, 1.807) is 0 Å². The van der Waals surface area contributed by atoms with E-state index in [1.165, 1.54) is 44.8 Å². The van der Waals surface area contributed by atoms with Crippen molar-refractivity contribution in [1.29, 1.82) is 0 Å². The Balaban J connectivity index is 0.000000738. The molecular formula is C33H60N4Si4Yb. The monoisotopic (exact) mass is 798 g/mol. The molecule has 242 valence electrons. The van der Waals surface area contributed by atoms with Gasteiger partial charge in [0, 0.05) is 23.8 Å². The molecule has 1 aliphatic heterocycles. The molecule has 0 aliphatic carbocycles. The molecule has 0 spiro atoms. The molecule has 0 saturated heterocycles. The van der Waals surface area contributed by atoms with Gasteiger partial charge in [0.2, 0.25) is 6.67 Å². The van der Waals surface area contributed by atoms with Crippen LogP contribution in [0.25, 0.3) is 9.30 Å². The van der Waals surface area contributed by atoms with E-state index in [-0.39, 0.29) is 46.9 Å². The summed E-state index contributed by atoms with van der Waals surface area (Å²) in [5.74, 6) is 0. The molecule has 0 saturated carbocycles. The van der Waals surface area contributed by atoms with Gasteiger partial charge in [0.15, 0.2) is 0 Å². The Morgan fingerprint density at radius 2 is 0.667 bits per heavy atom. The van der Waals surface area contributed by atoms with E-state index in [9.17, 15) is 0 Å². The van der Waals surface area contributed by atoms with Gasteiger partial charge in [0.05, 0.1) is 0 Å². The second-order valence-corrected chi connectivity index (χ2v) is 34.7. The normalized spacial score (nSPS) is 13.7. The van der Waals surface area contributed by atoms with Gasteiger partial charge in [0.25, 0.3) is 0 Å². The molecule has 0 aromatic heterocycles. The van der Waals surface area contributed by atoms with Crippen LogP contribution in [0.5, 0.6) is 0 Å². The van der Waals surface area contributed by atoms with Crippen LogP contribution in [0, 0.1) is 95.1 Å². The molecule has 42 heavy (non-hydrogen) atoms. The Bertz CT molecular complexity index is 1020. The zero-order valence-corrected chi connectivity index (χ0v) is 35.7. The van der Waals surface area contributed by atoms with Crippen LogP contribution in [-0.4, -0.2) is 32.9 Å². The fourth-order valence-electron chi connectivity index (χ4n) is 5.68. The van der Waals surface area contributed by atoms with Crippen LogP contribution in [0.4, 0.5) is 11.4 Å². The zero-order chi connectivity index (χ0) is 32.1. The quantitative estimate of drug-likeness (QED) is 0.273. The Morgan fingerprint density at radius 1 is 0.452 bits per heavy atom. The molecular weight excluding hydrogens is 738 g/mol. The first kappa shape index (κ1) is 42.1. The summed E-state index contributed by atoms with van der Waals surface area (Å²) in [7, 11) is -4.42. The second kappa shape index (κ2) is 16.6. The van der Waals surface area contributed by atoms with E-state index in [2.05, 4.69) is 173 Å². The van der Waals surface area contributed by atoms with Crippen molar-refractivity contribution in [2.45, 2.75) is 120 Å². The molecule has 0 unspecified atom stereocenters. The number of hydrogen-bond donors (Lipinski definition) is 0. The van der Waals surface area contributed by atoms with Gasteiger partial charge in [-0.1, -0.05) is 147 Å². The molecule has 0 atom stereocenters. The molecule has 0 N–H and O–H groups in total. The van der Waals surface area contributed by atoms with Crippen LogP contribution < -0.4 is 9.80 Å². The van der Waals surface area contributed by atoms with Gasteiger partial charge in [-0.3, -0.25) is 0 Å². The number of hydrogen-bond acceptors (Lipinski definition) is 2. The summed E-state index contributed by atoms with van der Waals surface area (Å²) >= 11 is 0. The smallest absolute Gasteiger partial charge is 0.668 e. The molecule has 4 nitrogen and oxygen atoms in total. The molecule has 1 aliphatic rings. The second-order valence-electron chi connectivity index (χ2n) is 15.5. The van der Waals surface area contributed by atoms with Crippen molar-refractivity contribution >= 4 is 44.3 Å². The Morgan fingerprint density at radius 3 is 0.833 bits per heavy atom. The summed E-state index contributed by atoms with van der Waals surface area (Å²) < 4.78 is 9.64. The standard InChI is InChI=1S/C21H24N2.2C6H18NSi2.Yb/c1-14-9-16(3)20(17(4)10-14)22-7-8-23(13-22)21-18(5)11-15(2)12-19(21)6;2*1-8(2,3)7-9(4,5)6;/h7-12H,1-6H3;2*1-6H3;/q;2*-1;+2. The summed E-state index contributed by atoms with van der Waals surface area (Å²) in [4.78, 5) is 4.20. The van der Waals surface area contributed by atoms with E-state index in [4.69, 9.17) is 9.30 Å². The third kappa shape index (κ3) is 16.4. The largest absolute Gasteiger partial charge is 2.00 e. The minimum Gasteiger partial charge on any atom is -0.668 e. The van der Waals surface area contributed by atoms with Gasteiger partial charge in [-0.25, -0.2) is 0 Å². The molecule has 2 aromatic rings. The predicted octanol–water partition coefficient (Wildman–Crippen LogP) is 11.4. The predicted molar refractivity (Wildman–Crippen MR) is 199 cm³/mol.